The standard InChI is InChI=1S/C25H26ClNO6/c1-30-22-9-6-10-23(31-2)25(22)33-15-19(28)14-27-24(29)16-32-21-12-11-18(13-20(21)26)17-7-4-3-5-8-17/h3-13,19,28H,14-16H2,1-2H3,(H,27,29). The Morgan fingerprint density at radius 2 is 1.61 bits per heavy atom. The number of carbonyl (C=O) groups is 1. The second-order valence-corrected chi connectivity index (χ2v) is 7.47. The Labute approximate surface area is 197 Å². The summed E-state index contributed by atoms with van der Waals surface area (Å²) in [7, 11) is 3.03. The normalized spacial score (nSPS) is 11.4. The number of aliphatic hydroxyl groups is 1. The third-order valence-electron chi connectivity index (χ3n) is 4.74. The van der Waals surface area contributed by atoms with Gasteiger partial charge in [0, 0.05) is 6.54 Å². The van der Waals surface area contributed by atoms with E-state index < -0.39 is 12.0 Å². The Kier molecular flexibility index (Phi) is 8.80. The van der Waals surface area contributed by atoms with E-state index in [1.165, 1.54) is 14.2 Å². The van der Waals surface area contributed by atoms with E-state index in [4.69, 9.17) is 30.5 Å². The molecule has 0 aliphatic carbocycles. The second kappa shape index (κ2) is 12.0. The predicted molar refractivity (Wildman–Crippen MR) is 126 cm³/mol. The van der Waals surface area contributed by atoms with E-state index in [1.807, 2.05) is 36.4 Å². The van der Waals surface area contributed by atoms with Crippen molar-refractivity contribution in [3.05, 3.63) is 71.8 Å². The van der Waals surface area contributed by atoms with Crippen molar-refractivity contribution in [3.63, 3.8) is 0 Å². The fraction of sp³-hybridized carbons (Fsp3) is 0.240. The van der Waals surface area contributed by atoms with Crippen molar-refractivity contribution >= 4 is 17.5 Å². The largest absolute Gasteiger partial charge is 0.493 e. The number of hydrogen-bond acceptors (Lipinski definition) is 6. The zero-order valence-corrected chi connectivity index (χ0v) is 19.2. The van der Waals surface area contributed by atoms with Crippen LogP contribution in [0.4, 0.5) is 0 Å². The minimum Gasteiger partial charge on any atom is -0.493 e. The highest BCUT2D eigenvalue weighted by atomic mass is 35.5. The van der Waals surface area contributed by atoms with Crippen LogP contribution in [0.1, 0.15) is 0 Å². The summed E-state index contributed by atoms with van der Waals surface area (Å²) in [4.78, 5) is 12.1. The van der Waals surface area contributed by atoms with Crippen LogP contribution in [0.3, 0.4) is 0 Å². The minimum absolute atomic E-state index is 0.0136. The van der Waals surface area contributed by atoms with Gasteiger partial charge in [-0.15, -0.1) is 0 Å². The molecule has 0 fully saturated rings. The van der Waals surface area contributed by atoms with Crippen LogP contribution in [0.5, 0.6) is 23.0 Å². The Morgan fingerprint density at radius 1 is 0.909 bits per heavy atom. The molecular weight excluding hydrogens is 446 g/mol. The highest BCUT2D eigenvalue weighted by molar-refractivity contribution is 6.32. The van der Waals surface area contributed by atoms with Gasteiger partial charge in [-0.2, -0.15) is 0 Å². The second-order valence-electron chi connectivity index (χ2n) is 7.06. The van der Waals surface area contributed by atoms with Crippen LogP contribution in [0.2, 0.25) is 5.02 Å². The number of methoxy groups -OCH3 is 2. The van der Waals surface area contributed by atoms with Crippen molar-refractivity contribution in [1.82, 2.24) is 5.32 Å². The first-order chi connectivity index (χ1) is 16.0. The van der Waals surface area contributed by atoms with E-state index in [0.29, 0.717) is 28.0 Å². The maximum absolute atomic E-state index is 12.1. The molecule has 2 N–H and O–H groups in total. The molecule has 0 heterocycles. The van der Waals surface area contributed by atoms with Gasteiger partial charge in [-0.3, -0.25) is 4.79 Å². The van der Waals surface area contributed by atoms with E-state index >= 15 is 0 Å². The molecule has 1 atom stereocenters. The van der Waals surface area contributed by atoms with E-state index in [0.717, 1.165) is 11.1 Å². The maximum atomic E-state index is 12.1. The molecule has 0 aromatic heterocycles. The van der Waals surface area contributed by atoms with Gasteiger partial charge in [0.1, 0.15) is 18.5 Å². The third-order valence-corrected chi connectivity index (χ3v) is 5.03. The Bertz CT molecular complexity index is 1040. The lowest BCUT2D eigenvalue weighted by molar-refractivity contribution is -0.123. The molecule has 3 aromatic carbocycles. The lowest BCUT2D eigenvalue weighted by Gasteiger charge is -2.17. The van der Waals surface area contributed by atoms with Gasteiger partial charge in [-0.05, 0) is 35.4 Å². The Balaban J connectivity index is 1.45. The minimum atomic E-state index is -0.947. The molecule has 0 bridgehead atoms. The van der Waals surface area contributed by atoms with Gasteiger partial charge in [0.15, 0.2) is 18.1 Å². The highest BCUT2D eigenvalue weighted by Crippen LogP contribution is 2.36. The van der Waals surface area contributed by atoms with E-state index in [1.54, 1.807) is 30.3 Å². The topological polar surface area (TPSA) is 86.3 Å². The first-order valence-corrected chi connectivity index (χ1v) is 10.7. The summed E-state index contributed by atoms with van der Waals surface area (Å²) in [5.41, 5.74) is 1.98. The monoisotopic (exact) mass is 471 g/mol. The number of halogens is 1. The van der Waals surface area contributed by atoms with Crippen LogP contribution in [-0.2, 0) is 4.79 Å². The number of amides is 1. The average molecular weight is 472 g/mol. The average Bonchev–Trinajstić information content (AvgIpc) is 2.85. The number of benzene rings is 3. The van der Waals surface area contributed by atoms with Crippen LogP contribution in [0, 0.1) is 0 Å². The van der Waals surface area contributed by atoms with Crippen LogP contribution in [0.25, 0.3) is 11.1 Å². The van der Waals surface area contributed by atoms with Crippen molar-refractivity contribution in [3.8, 4) is 34.1 Å². The summed E-state index contributed by atoms with van der Waals surface area (Å²) < 4.78 is 21.7. The smallest absolute Gasteiger partial charge is 0.258 e. The SMILES string of the molecule is COc1cccc(OC)c1OCC(O)CNC(=O)COc1ccc(-c2ccccc2)cc1Cl. The van der Waals surface area contributed by atoms with Crippen LogP contribution in [0.15, 0.2) is 66.7 Å². The molecule has 0 spiro atoms. The summed E-state index contributed by atoms with van der Waals surface area (Å²) >= 11 is 6.31. The number of para-hydroxylation sites is 1. The van der Waals surface area contributed by atoms with Crippen LogP contribution in [-0.4, -0.2) is 51.1 Å². The molecule has 1 amide bonds. The molecule has 7 nitrogen and oxygen atoms in total. The molecule has 0 saturated heterocycles. The molecule has 3 rings (SSSR count). The molecule has 33 heavy (non-hydrogen) atoms. The molecule has 0 aliphatic rings. The number of hydrogen-bond donors (Lipinski definition) is 2. The number of rotatable bonds is 11. The first kappa shape index (κ1) is 24.2. The third kappa shape index (κ3) is 6.78. The molecule has 0 aliphatic heterocycles. The summed E-state index contributed by atoms with van der Waals surface area (Å²) in [6.07, 6.45) is -0.947. The molecule has 8 heteroatoms. The quantitative estimate of drug-likeness (QED) is 0.440. The van der Waals surface area contributed by atoms with Crippen molar-refractivity contribution in [2.75, 3.05) is 34.0 Å². The maximum Gasteiger partial charge on any atom is 0.258 e. The van der Waals surface area contributed by atoms with Crippen LogP contribution < -0.4 is 24.3 Å². The number of ether oxygens (including phenoxy) is 4. The van der Waals surface area contributed by atoms with Crippen molar-refractivity contribution in [1.29, 1.82) is 0 Å². The molecule has 0 radical (unpaired) electrons. The van der Waals surface area contributed by atoms with Gasteiger partial charge in [0.25, 0.3) is 5.91 Å². The van der Waals surface area contributed by atoms with E-state index in [2.05, 4.69) is 5.32 Å². The van der Waals surface area contributed by atoms with E-state index in [-0.39, 0.29) is 19.8 Å². The highest BCUT2D eigenvalue weighted by Gasteiger charge is 2.15. The van der Waals surface area contributed by atoms with Gasteiger partial charge in [-0.25, -0.2) is 0 Å². The Morgan fingerprint density at radius 3 is 2.24 bits per heavy atom. The molecule has 174 valence electrons. The summed E-state index contributed by atoms with van der Waals surface area (Å²) in [5.74, 6) is 1.35. The molecule has 0 saturated carbocycles. The predicted octanol–water partition coefficient (Wildman–Crippen LogP) is 3.96. The number of nitrogens with one attached hydrogen (secondary N) is 1. The fourth-order valence-corrected chi connectivity index (χ4v) is 3.29. The van der Waals surface area contributed by atoms with Crippen LogP contribution >= 0.6 is 11.6 Å². The van der Waals surface area contributed by atoms with Crippen molar-refractivity contribution in [2.45, 2.75) is 6.10 Å². The summed E-state index contributed by atoms with van der Waals surface area (Å²) in [6.45, 7) is -0.316. The number of carbonyl (C=O) groups excluding carboxylic acids is 1. The van der Waals surface area contributed by atoms with Gasteiger partial charge in [0.05, 0.1) is 19.2 Å². The lowest BCUT2D eigenvalue weighted by Crippen LogP contribution is -2.37. The molecule has 1 unspecified atom stereocenters. The number of aliphatic hydroxyl groups excluding tert-OH is 1. The Hall–Kier alpha value is -3.42. The van der Waals surface area contributed by atoms with Crippen molar-refractivity contribution in [2.24, 2.45) is 0 Å². The summed E-state index contributed by atoms with van der Waals surface area (Å²) in [6, 6.07) is 20.4. The lowest BCUT2D eigenvalue weighted by atomic mass is 10.1. The van der Waals surface area contributed by atoms with Gasteiger partial charge in [-0.1, -0.05) is 54.1 Å². The van der Waals surface area contributed by atoms with E-state index in [9.17, 15) is 9.90 Å². The van der Waals surface area contributed by atoms with Gasteiger partial charge in [0.2, 0.25) is 5.75 Å². The zero-order chi connectivity index (χ0) is 23.6. The molecular formula is C25H26ClNO6. The van der Waals surface area contributed by atoms with Crippen molar-refractivity contribution < 1.29 is 28.8 Å². The zero-order valence-electron chi connectivity index (χ0n) is 18.4. The van der Waals surface area contributed by atoms with Gasteiger partial charge < -0.3 is 29.4 Å². The first-order valence-electron chi connectivity index (χ1n) is 10.3. The van der Waals surface area contributed by atoms with Gasteiger partial charge >= 0.3 is 0 Å². The molecule has 3 aromatic rings. The summed E-state index contributed by atoms with van der Waals surface area (Å²) in [5, 5.41) is 13.2. The fourth-order valence-electron chi connectivity index (χ4n) is 3.05.